The first-order valence-corrected chi connectivity index (χ1v) is 8.31. The summed E-state index contributed by atoms with van der Waals surface area (Å²) in [5, 5.41) is 0. The van der Waals surface area contributed by atoms with Crippen LogP contribution in [0, 0.1) is 23.2 Å². The Morgan fingerprint density at radius 2 is 1.86 bits per heavy atom. The molecule has 0 aromatic heterocycles. The van der Waals surface area contributed by atoms with Crippen LogP contribution in [-0.4, -0.2) is 17.3 Å². The first-order chi connectivity index (χ1) is 10.0. The van der Waals surface area contributed by atoms with Crippen molar-refractivity contribution in [3.05, 3.63) is 11.1 Å². The Kier molecular flexibility index (Phi) is 2.79. The van der Waals surface area contributed by atoms with Gasteiger partial charge in [-0.2, -0.15) is 0 Å². The molecule has 0 amide bonds. The van der Waals surface area contributed by atoms with Crippen molar-refractivity contribution in [1.29, 1.82) is 0 Å². The van der Waals surface area contributed by atoms with Gasteiger partial charge >= 0.3 is 0 Å². The Labute approximate surface area is 125 Å². The van der Waals surface area contributed by atoms with Crippen LogP contribution in [0.3, 0.4) is 0 Å². The number of fused-ring (bicyclic) bond motifs is 4. The Morgan fingerprint density at radius 1 is 1.05 bits per heavy atom. The van der Waals surface area contributed by atoms with Gasteiger partial charge in [0.05, 0.1) is 0 Å². The maximum Gasteiger partial charge on any atom is 0.159 e. The fourth-order valence-corrected chi connectivity index (χ4v) is 5.62. The lowest BCUT2D eigenvalue weighted by molar-refractivity contribution is -0.132. The smallest absolute Gasteiger partial charge is 0.159 e. The SMILES string of the molecule is C[C@]12CC[C@@H]3C4=C(CC(=O)CC4)C(=O)C[C@H]3[C@@H]1CCC2=O. The van der Waals surface area contributed by atoms with Gasteiger partial charge in [-0.3, -0.25) is 14.4 Å². The number of carbonyl (C=O) groups excluding carboxylic acids is 3. The maximum absolute atomic E-state index is 12.5. The monoisotopic (exact) mass is 286 g/mol. The lowest BCUT2D eigenvalue weighted by Gasteiger charge is -2.49. The molecular formula is C18H22O3. The summed E-state index contributed by atoms with van der Waals surface area (Å²) in [6.45, 7) is 2.13. The van der Waals surface area contributed by atoms with Gasteiger partial charge in [-0.05, 0) is 43.4 Å². The van der Waals surface area contributed by atoms with Crippen LogP contribution in [0.15, 0.2) is 11.1 Å². The highest BCUT2D eigenvalue weighted by Gasteiger charge is 2.56. The van der Waals surface area contributed by atoms with Gasteiger partial charge in [0.25, 0.3) is 0 Å². The van der Waals surface area contributed by atoms with Crippen LogP contribution in [0.2, 0.25) is 0 Å². The summed E-state index contributed by atoms with van der Waals surface area (Å²) < 4.78 is 0. The van der Waals surface area contributed by atoms with Gasteiger partial charge in [0.15, 0.2) is 5.78 Å². The van der Waals surface area contributed by atoms with Crippen molar-refractivity contribution in [2.24, 2.45) is 23.2 Å². The summed E-state index contributed by atoms with van der Waals surface area (Å²) in [5.41, 5.74) is 1.96. The van der Waals surface area contributed by atoms with Crippen LogP contribution in [0.5, 0.6) is 0 Å². The fraction of sp³-hybridized carbons (Fsp3) is 0.722. The zero-order valence-electron chi connectivity index (χ0n) is 12.6. The largest absolute Gasteiger partial charge is 0.299 e. The molecule has 0 aliphatic heterocycles. The van der Waals surface area contributed by atoms with Gasteiger partial charge in [0.2, 0.25) is 0 Å². The molecule has 3 heteroatoms. The van der Waals surface area contributed by atoms with E-state index in [4.69, 9.17) is 0 Å². The van der Waals surface area contributed by atoms with Crippen molar-refractivity contribution in [2.75, 3.05) is 0 Å². The minimum atomic E-state index is -0.177. The number of Topliss-reactive ketones (excluding diaryl/α,β-unsaturated/α-hetero) is 3. The zero-order chi connectivity index (χ0) is 14.8. The Hall–Kier alpha value is -1.25. The van der Waals surface area contributed by atoms with Crippen LogP contribution >= 0.6 is 0 Å². The number of hydrogen-bond donors (Lipinski definition) is 0. The number of ketones is 3. The molecule has 2 saturated carbocycles. The Bertz CT molecular complexity index is 585. The normalized spacial score (nSPS) is 42.7. The molecule has 0 radical (unpaired) electrons. The predicted molar refractivity (Wildman–Crippen MR) is 77.6 cm³/mol. The molecule has 2 fully saturated rings. The second-order valence-corrected chi connectivity index (χ2v) is 7.64. The molecule has 4 atom stereocenters. The van der Waals surface area contributed by atoms with Crippen molar-refractivity contribution >= 4 is 17.3 Å². The van der Waals surface area contributed by atoms with E-state index in [1.165, 1.54) is 5.57 Å². The third kappa shape index (κ3) is 1.75. The molecule has 4 rings (SSSR count). The molecule has 3 nitrogen and oxygen atoms in total. The first kappa shape index (κ1) is 13.4. The Balaban J connectivity index is 1.73. The highest BCUT2D eigenvalue weighted by molar-refractivity contribution is 6.03. The number of allylic oxidation sites excluding steroid dienone is 2. The summed E-state index contributed by atoms with van der Waals surface area (Å²) in [5.74, 6) is 2.04. The van der Waals surface area contributed by atoms with Crippen LogP contribution in [0.4, 0.5) is 0 Å². The van der Waals surface area contributed by atoms with Crippen molar-refractivity contribution in [3.63, 3.8) is 0 Å². The second-order valence-electron chi connectivity index (χ2n) is 7.64. The topological polar surface area (TPSA) is 51.2 Å². The van der Waals surface area contributed by atoms with Gasteiger partial charge < -0.3 is 0 Å². The molecule has 21 heavy (non-hydrogen) atoms. The van der Waals surface area contributed by atoms with Crippen LogP contribution in [-0.2, 0) is 14.4 Å². The molecule has 0 saturated heterocycles. The summed E-state index contributed by atoms with van der Waals surface area (Å²) >= 11 is 0. The molecule has 0 aromatic carbocycles. The average Bonchev–Trinajstić information content (AvgIpc) is 2.76. The molecule has 0 spiro atoms. The van der Waals surface area contributed by atoms with Gasteiger partial charge in [0.1, 0.15) is 11.6 Å². The van der Waals surface area contributed by atoms with E-state index in [-0.39, 0.29) is 17.0 Å². The van der Waals surface area contributed by atoms with Gasteiger partial charge in [-0.25, -0.2) is 0 Å². The van der Waals surface area contributed by atoms with Crippen molar-refractivity contribution < 1.29 is 14.4 Å². The lowest BCUT2D eigenvalue weighted by atomic mass is 9.54. The molecule has 0 heterocycles. The third-order valence-electron chi connectivity index (χ3n) is 6.79. The summed E-state index contributed by atoms with van der Waals surface area (Å²) in [7, 11) is 0. The lowest BCUT2D eigenvalue weighted by Crippen LogP contribution is -2.45. The van der Waals surface area contributed by atoms with Gasteiger partial charge in [-0.1, -0.05) is 12.5 Å². The molecule has 0 bridgehead atoms. The first-order valence-electron chi connectivity index (χ1n) is 8.31. The highest BCUT2D eigenvalue weighted by atomic mass is 16.1. The summed E-state index contributed by atoms with van der Waals surface area (Å²) in [6.07, 6.45) is 6.01. The van der Waals surface area contributed by atoms with E-state index in [1.54, 1.807) is 0 Å². The van der Waals surface area contributed by atoms with Crippen molar-refractivity contribution in [2.45, 2.75) is 58.3 Å². The number of rotatable bonds is 0. The maximum atomic E-state index is 12.5. The Morgan fingerprint density at radius 3 is 2.67 bits per heavy atom. The zero-order valence-corrected chi connectivity index (χ0v) is 12.6. The fourth-order valence-electron chi connectivity index (χ4n) is 5.62. The summed E-state index contributed by atoms with van der Waals surface area (Å²) in [4.78, 5) is 36.4. The van der Waals surface area contributed by atoms with E-state index in [2.05, 4.69) is 6.92 Å². The third-order valence-corrected chi connectivity index (χ3v) is 6.79. The standard InChI is InChI=1S/C18H22O3/c1-18-7-6-12-11-3-2-10(19)8-14(11)16(20)9-13(12)15(18)4-5-17(18)21/h12-13,15H,2-9H2,1H3/t12-,13-,15+,18+/m1/s1. The van der Waals surface area contributed by atoms with Crippen molar-refractivity contribution in [1.82, 2.24) is 0 Å². The van der Waals surface area contributed by atoms with Crippen molar-refractivity contribution in [3.8, 4) is 0 Å². The van der Waals surface area contributed by atoms with E-state index in [9.17, 15) is 14.4 Å². The highest BCUT2D eigenvalue weighted by Crippen LogP contribution is 2.59. The van der Waals surface area contributed by atoms with E-state index in [0.717, 1.165) is 31.3 Å². The van der Waals surface area contributed by atoms with E-state index >= 15 is 0 Å². The minimum Gasteiger partial charge on any atom is -0.299 e. The summed E-state index contributed by atoms with van der Waals surface area (Å²) in [6, 6.07) is 0. The molecule has 0 N–H and O–H groups in total. The average molecular weight is 286 g/mol. The van der Waals surface area contributed by atoms with Gasteiger partial charge in [0, 0.05) is 36.7 Å². The predicted octanol–water partition coefficient (Wildman–Crippen LogP) is 3.02. The number of hydrogen-bond acceptors (Lipinski definition) is 3. The van der Waals surface area contributed by atoms with E-state index in [0.29, 0.717) is 49.2 Å². The van der Waals surface area contributed by atoms with Crippen LogP contribution < -0.4 is 0 Å². The molecule has 0 unspecified atom stereocenters. The van der Waals surface area contributed by atoms with Crippen LogP contribution in [0.25, 0.3) is 0 Å². The molecule has 4 aliphatic rings. The molecular weight excluding hydrogens is 264 g/mol. The molecule has 4 aliphatic carbocycles. The quantitative estimate of drug-likeness (QED) is 0.688. The van der Waals surface area contributed by atoms with E-state index in [1.807, 2.05) is 0 Å². The van der Waals surface area contributed by atoms with Crippen LogP contribution in [0.1, 0.15) is 58.3 Å². The second kappa shape index (κ2) is 4.37. The van der Waals surface area contributed by atoms with Gasteiger partial charge in [-0.15, -0.1) is 0 Å². The molecule has 0 aromatic rings. The number of carbonyl (C=O) groups is 3. The molecule has 112 valence electrons. The van der Waals surface area contributed by atoms with E-state index < -0.39 is 0 Å². The minimum absolute atomic E-state index is 0.177.